The van der Waals surface area contributed by atoms with Crippen LogP contribution in [-0.4, -0.2) is 56.6 Å². The van der Waals surface area contributed by atoms with Gasteiger partial charge in [0.15, 0.2) is 0 Å². The predicted octanol–water partition coefficient (Wildman–Crippen LogP) is 6.96. The molecule has 0 rings (SSSR count). The summed E-state index contributed by atoms with van der Waals surface area (Å²) in [5, 5.41) is 8.54. The second-order valence-electron chi connectivity index (χ2n) is 6.80. The molecule has 0 aliphatic carbocycles. The maximum atomic E-state index is 10.4. The molecule has 0 fully saturated rings. The van der Waals surface area contributed by atoms with Crippen molar-refractivity contribution < 1.29 is 12.8 Å². The molecular formula is C20H42O2Sr. The van der Waals surface area contributed by atoms with Crippen LogP contribution in [0.4, 0.5) is 0 Å². The van der Waals surface area contributed by atoms with Crippen LogP contribution in [0.15, 0.2) is 0 Å². The van der Waals surface area contributed by atoms with Crippen molar-refractivity contribution in [3.63, 3.8) is 0 Å². The monoisotopic (exact) mass is 402 g/mol. The van der Waals surface area contributed by atoms with Crippen LogP contribution >= 0.6 is 0 Å². The first-order chi connectivity index (χ1) is 10.8. The molecule has 0 saturated heterocycles. The fourth-order valence-corrected chi connectivity index (χ4v) is 3.00. The third-order valence-corrected chi connectivity index (χ3v) is 4.49. The fraction of sp³-hybridized carbons (Fsp3) is 0.950. The second-order valence-corrected chi connectivity index (χ2v) is 6.80. The van der Waals surface area contributed by atoms with E-state index < -0.39 is 5.97 Å². The molecule has 0 heterocycles. The van der Waals surface area contributed by atoms with E-state index in [0.717, 1.165) is 12.8 Å². The third-order valence-electron chi connectivity index (χ3n) is 4.49. The zero-order valence-corrected chi connectivity index (χ0v) is 19.3. The van der Waals surface area contributed by atoms with Gasteiger partial charge in [-0.05, 0) is 6.42 Å². The maximum Gasteiger partial charge on any atom is 2.00 e. The van der Waals surface area contributed by atoms with Gasteiger partial charge in [-0.1, -0.05) is 110 Å². The predicted molar refractivity (Wildman–Crippen MR) is 104 cm³/mol. The van der Waals surface area contributed by atoms with Gasteiger partial charge in [-0.3, -0.25) is 4.79 Å². The molecule has 0 amide bonds. The number of hydrogen-bond donors (Lipinski definition) is 1. The van der Waals surface area contributed by atoms with E-state index in [-0.39, 0.29) is 48.3 Å². The van der Waals surface area contributed by atoms with E-state index in [1.54, 1.807) is 0 Å². The van der Waals surface area contributed by atoms with Crippen molar-refractivity contribution in [3.05, 3.63) is 0 Å². The Labute approximate surface area is 185 Å². The van der Waals surface area contributed by atoms with Crippen LogP contribution in [-0.2, 0) is 4.79 Å². The number of carboxylic acids is 1. The Morgan fingerprint density at radius 3 is 1.13 bits per heavy atom. The molecule has 0 radical (unpaired) electrons. The molecule has 2 nitrogen and oxygen atoms in total. The van der Waals surface area contributed by atoms with Gasteiger partial charge in [0.1, 0.15) is 0 Å². The molecule has 23 heavy (non-hydrogen) atoms. The van der Waals surface area contributed by atoms with E-state index in [1.165, 1.54) is 96.3 Å². The summed E-state index contributed by atoms with van der Waals surface area (Å²) in [5.41, 5.74) is 0. The van der Waals surface area contributed by atoms with Gasteiger partial charge in [0.25, 0.3) is 0 Å². The SMILES string of the molecule is CCCCCCCCCCCCCCCCCCCC(=O)O.[H-].[H-].[Sr+2]. The molecule has 0 aliphatic heterocycles. The first-order valence-electron chi connectivity index (χ1n) is 9.99. The number of carboxylic acid groups (broad SMARTS) is 1. The second kappa shape index (κ2) is 23.0. The van der Waals surface area contributed by atoms with Gasteiger partial charge in [0.05, 0.1) is 0 Å². The fourth-order valence-electron chi connectivity index (χ4n) is 3.00. The normalized spacial score (nSPS) is 10.5. The Hall–Kier alpha value is 0.951. The molecule has 0 saturated carbocycles. The van der Waals surface area contributed by atoms with Crippen LogP contribution in [0.3, 0.4) is 0 Å². The molecular weight excluding hydrogens is 360 g/mol. The first-order valence-corrected chi connectivity index (χ1v) is 9.99. The van der Waals surface area contributed by atoms with Crippen molar-refractivity contribution in [2.75, 3.05) is 0 Å². The van der Waals surface area contributed by atoms with Crippen molar-refractivity contribution >= 4 is 51.5 Å². The van der Waals surface area contributed by atoms with Gasteiger partial charge in [0.2, 0.25) is 0 Å². The third kappa shape index (κ3) is 25.3. The zero-order chi connectivity index (χ0) is 16.3. The zero-order valence-electron chi connectivity index (χ0n) is 17.8. The standard InChI is InChI=1S/C20H40O2.Sr.2H/c1-2-3-4-5-6-7-8-9-10-11-12-13-14-15-16-17-18-19-20(21)22;;;/h2-19H2,1H3,(H,21,22);;;/q;+2;2*-1. The van der Waals surface area contributed by atoms with Gasteiger partial charge < -0.3 is 7.96 Å². The molecule has 0 atom stereocenters. The Balaban J connectivity index is -0.000000735. The molecule has 0 aliphatic rings. The molecule has 0 aromatic heterocycles. The smallest absolute Gasteiger partial charge is 1.00 e. The van der Waals surface area contributed by atoms with Gasteiger partial charge >= 0.3 is 51.5 Å². The van der Waals surface area contributed by atoms with Crippen LogP contribution in [0, 0.1) is 0 Å². The first kappa shape index (κ1) is 26.2. The van der Waals surface area contributed by atoms with Crippen LogP contribution in [0.25, 0.3) is 0 Å². The Kier molecular flexibility index (Phi) is 26.1. The molecule has 0 aromatic carbocycles. The summed E-state index contributed by atoms with van der Waals surface area (Å²) >= 11 is 0. The number of hydrogen-bond acceptors (Lipinski definition) is 1. The number of unbranched alkanes of at least 4 members (excludes halogenated alkanes) is 16. The molecule has 0 unspecified atom stereocenters. The quantitative estimate of drug-likeness (QED) is 0.199. The number of rotatable bonds is 18. The summed E-state index contributed by atoms with van der Waals surface area (Å²) in [7, 11) is 0. The molecule has 0 bridgehead atoms. The summed E-state index contributed by atoms with van der Waals surface area (Å²) in [6.07, 6.45) is 23.1. The number of aliphatic carboxylic acids is 1. The summed E-state index contributed by atoms with van der Waals surface area (Å²) in [6, 6.07) is 0. The average molecular weight is 402 g/mol. The van der Waals surface area contributed by atoms with E-state index in [2.05, 4.69) is 6.92 Å². The molecule has 3 heteroatoms. The molecule has 136 valence electrons. The summed E-state index contributed by atoms with van der Waals surface area (Å²) in [4.78, 5) is 10.4. The average Bonchev–Trinajstić information content (AvgIpc) is 2.50. The molecule has 0 spiro atoms. The van der Waals surface area contributed by atoms with E-state index in [9.17, 15) is 4.79 Å². The minimum absolute atomic E-state index is 0. The summed E-state index contributed by atoms with van der Waals surface area (Å²) < 4.78 is 0. The number of carbonyl (C=O) groups is 1. The van der Waals surface area contributed by atoms with Gasteiger partial charge in [0, 0.05) is 6.42 Å². The Morgan fingerprint density at radius 1 is 0.609 bits per heavy atom. The van der Waals surface area contributed by atoms with E-state index in [4.69, 9.17) is 5.11 Å². The largest absolute Gasteiger partial charge is 2.00 e. The molecule has 1 N–H and O–H groups in total. The van der Waals surface area contributed by atoms with E-state index in [1.807, 2.05) is 0 Å². The van der Waals surface area contributed by atoms with Crippen molar-refractivity contribution in [1.29, 1.82) is 0 Å². The minimum atomic E-state index is -0.652. The van der Waals surface area contributed by atoms with E-state index >= 15 is 0 Å². The van der Waals surface area contributed by atoms with Gasteiger partial charge in [-0.2, -0.15) is 0 Å². The van der Waals surface area contributed by atoms with Crippen molar-refractivity contribution in [2.45, 2.75) is 122 Å². The van der Waals surface area contributed by atoms with E-state index in [0.29, 0.717) is 6.42 Å². The van der Waals surface area contributed by atoms with Gasteiger partial charge in [-0.25, -0.2) is 0 Å². The van der Waals surface area contributed by atoms with Crippen molar-refractivity contribution in [1.82, 2.24) is 0 Å². The Morgan fingerprint density at radius 2 is 0.870 bits per heavy atom. The minimum Gasteiger partial charge on any atom is -1.00 e. The van der Waals surface area contributed by atoms with Gasteiger partial charge in [-0.15, -0.1) is 0 Å². The van der Waals surface area contributed by atoms with Crippen LogP contribution in [0.5, 0.6) is 0 Å². The van der Waals surface area contributed by atoms with Crippen molar-refractivity contribution in [2.24, 2.45) is 0 Å². The maximum absolute atomic E-state index is 10.4. The van der Waals surface area contributed by atoms with Crippen LogP contribution < -0.4 is 0 Å². The van der Waals surface area contributed by atoms with Crippen molar-refractivity contribution in [3.8, 4) is 0 Å². The van der Waals surface area contributed by atoms with Crippen LogP contribution in [0.1, 0.15) is 125 Å². The summed E-state index contributed by atoms with van der Waals surface area (Å²) in [6.45, 7) is 2.28. The summed E-state index contributed by atoms with van der Waals surface area (Å²) in [5.74, 6) is -0.652. The Bertz CT molecular complexity index is 242. The molecule has 0 aromatic rings. The topological polar surface area (TPSA) is 37.3 Å². The van der Waals surface area contributed by atoms with Crippen LogP contribution in [0.2, 0.25) is 0 Å².